The third-order valence-electron chi connectivity index (χ3n) is 4.55. The van der Waals surface area contributed by atoms with Crippen molar-refractivity contribution in [3.05, 3.63) is 82.0 Å². The van der Waals surface area contributed by atoms with Crippen LogP contribution in [0.4, 0.5) is 23.2 Å². The van der Waals surface area contributed by atoms with Crippen LogP contribution in [0, 0.1) is 12.7 Å². The van der Waals surface area contributed by atoms with Crippen LogP contribution in [0.2, 0.25) is 0 Å². The van der Waals surface area contributed by atoms with Crippen LogP contribution in [-0.2, 0) is 0 Å². The smallest absolute Gasteiger partial charge is 0.406 e. The molecule has 0 saturated carbocycles. The number of carbonyl (C=O) groups excluding carboxylic acids is 1. The maximum absolute atomic E-state index is 13.2. The Labute approximate surface area is 177 Å². The topological polar surface area (TPSA) is 89.0 Å². The molecule has 0 atom stereocenters. The van der Waals surface area contributed by atoms with Crippen molar-refractivity contribution in [2.75, 3.05) is 5.32 Å². The van der Waals surface area contributed by atoms with Crippen LogP contribution in [0.5, 0.6) is 5.75 Å². The van der Waals surface area contributed by atoms with E-state index in [-0.39, 0.29) is 16.6 Å². The first-order valence-corrected chi connectivity index (χ1v) is 9.16. The van der Waals surface area contributed by atoms with Crippen molar-refractivity contribution >= 4 is 22.6 Å². The van der Waals surface area contributed by atoms with Crippen LogP contribution in [0.3, 0.4) is 0 Å². The lowest BCUT2D eigenvalue weighted by Crippen LogP contribution is -2.22. The Hall–Kier alpha value is -4.15. The highest BCUT2D eigenvalue weighted by molar-refractivity contribution is 6.05. The van der Waals surface area contributed by atoms with E-state index in [4.69, 9.17) is 0 Å². The largest absolute Gasteiger partial charge is 0.573 e. The van der Waals surface area contributed by atoms with Crippen LogP contribution in [0.1, 0.15) is 16.1 Å². The van der Waals surface area contributed by atoms with Gasteiger partial charge in [-0.3, -0.25) is 9.59 Å². The number of aromatic nitrogens is 3. The molecule has 4 aromatic rings. The molecule has 2 aromatic carbocycles. The fraction of sp³-hybridized carbons (Fsp3) is 0.0952. The first kappa shape index (κ1) is 21.1. The monoisotopic (exact) mass is 446 g/mol. The van der Waals surface area contributed by atoms with Gasteiger partial charge in [0.25, 0.3) is 5.91 Å². The minimum Gasteiger partial charge on any atom is -0.406 e. The molecule has 0 unspecified atom stereocenters. The number of amides is 1. The van der Waals surface area contributed by atoms with Crippen molar-refractivity contribution in [3.63, 3.8) is 0 Å². The van der Waals surface area contributed by atoms with Gasteiger partial charge in [-0.05, 0) is 55.5 Å². The van der Waals surface area contributed by atoms with Gasteiger partial charge in [0.2, 0.25) is 5.43 Å². The van der Waals surface area contributed by atoms with E-state index in [1.165, 1.54) is 47.3 Å². The number of rotatable bonds is 4. The zero-order valence-corrected chi connectivity index (χ0v) is 16.3. The number of nitrogens with zero attached hydrogens (tertiary/aromatic N) is 2. The summed E-state index contributed by atoms with van der Waals surface area (Å²) >= 11 is 0. The van der Waals surface area contributed by atoms with E-state index >= 15 is 0 Å². The highest BCUT2D eigenvalue weighted by Crippen LogP contribution is 2.24. The van der Waals surface area contributed by atoms with Gasteiger partial charge in [0, 0.05) is 11.9 Å². The van der Waals surface area contributed by atoms with E-state index in [1.54, 1.807) is 6.92 Å². The van der Waals surface area contributed by atoms with E-state index in [9.17, 15) is 27.2 Å². The molecule has 0 aliphatic heterocycles. The summed E-state index contributed by atoms with van der Waals surface area (Å²) in [4.78, 5) is 28.4. The summed E-state index contributed by atoms with van der Waals surface area (Å²) in [6.45, 7) is 1.60. The van der Waals surface area contributed by atoms with Gasteiger partial charge in [-0.15, -0.1) is 13.2 Å². The summed E-state index contributed by atoms with van der Waals surface area (Å²) in [7, 11) is 0. The number of hydrogen-bond acceptors (Lipinski definition) is 4. The molecule has 0 aliphatic rings. The molecule has 0 saturated heterocycles. The molecule has 0 bridgehead atoms. The Bertz CT molecular complexity index is 1360. The minimum absolute atomic E-state index is 0.169. The van der Waals surface area contributed by atoms with Crippen molar-refractivity contribution in [1.29, 1.82) is 0 Å². The van der Waals surface area contributed by atoms with Crippen LogP contribution in [0.15, 0.2) is 59.5 Å². The number of aryl methyl sites for hydroxylation is 1. The lowest BCUT2D eigenvalue weighted by atomic mass is 10.1. The van der Waals surface area contributed by atoms with Gasteiger partial charge in [-0.25, -0.2) is 9.07 Å². The van der Waals surface area contributed by atoms with Crippen molar-refractivity contribution in [2.45, 2.75) is 13.3 Å². The average Bonchev–Trinajstić information content (AvgIpc) is 3.06. The normalized spacial score (nSPS) is 11.5. The van der Waals surface area contributed by atoms with Crippen LogP contribution in [-0.4, -0.2) is 27.0 Å². The molecule has 32 heavy (non-hydrogen) atoms. The molecule has 0 spiro atoms. The van der Waals surface area contributed by atoms with Gasteiger partial charge < -0.3 is 15.0 Å². The Morgan fingerprint density at radius 3 is 2.38 bits per heavy atom. The summed E-state index contributed by atoms with van der Waals surface area (Å²) in [5.41, 5.74) is 0.563. The van der Waals surface area contributed by atoms with Gasteiger partial charge in [0.1, 0.15) is 22.8 Å². The molecular weight excluding hydrogens is 432 g/mol. The van der Waals surface area contributed by atoms with Crippen molar-refractivity contribution in [3.8, 4) is 11.4 Å². The molecule has 0 fully saturated rings. The molecule has 2 heterocycles. The maximum Gasteiger partial charge on any atom is 0.573 e. The number of alkyl halides is 3. The number of carbonyl (C=O) groups is 1. The number of pyridine rings is 1. The van der Waals surface area contributed by atoms with Gasteiger partial charge in [-0.1, -0.05) is 0 Å². The van der Waals surface area contributed by atoms with Gasteiger partial charge in [-0.2, -0.15) is 5.10 Å². The fourth-order valence-electron chi connectivity index (χ4n) is 3.15. The molecule has 2 N–H and O–H groups in total. The van der Waals surface area contributed by atoms with Crippen molar-refractivity contribution in [2.24, 2.45) is 0 Å². The van der Waals surface area contributed by atoms with Gasteiger partial charge in [0.15, 0.2) is 0 Å². The highest BCUT2D eigenvalue weighted by Gasteiger charge is 2.31. The second-order valence-electron chi connectivity index (χ2n) is 6.76. The zero-order chi connectivity index (χ0) is 23.0. The summed E-state index contributed by atoms with van der Waals surface area (Å²) in [5, 5.41) is 6.93. The quantitative estimate of drug-likeness (QED) is 0.457. The second-order valence-corrected chi connectivity index (χ2v) is 6.76. The predicted octanol–water partition coefficient (Wildman–Crippen LogP) is 4.31. The number of aromatic amines is 1. The summed E-state index contributed by atoms with van der Waals surface area (Å²) in [6, 6.07) is 9.98. The van der Waals surface area contributed by atoms with E-state index in [2.05, 4.69) is 20.1 Å². The lowest BCUT2D eigenvalue weighted by Gasteiger charge is -2.10. The van der Waals surface area contributed by atoms with Gasteiger partial charge >= 0.3 is 6.36 Å². The number of nitrogens with one attached hydrogen (secondary N) is 2. The highest BCUT2D eigenvalue weighted by atomic mass is 19.4. The molecule has 0 radical (unpaired) electrons. The number of hydrogen-bond donors (Lipinski definition) is 2. The van der Waals surface area contributed by atoms with E-state index in [0.29, 0.717) is 17.0 Å². The fourth-order valence-corrected chi connectivity index (χ4v) is 3.15. The molecule has 11 heteroatoms. The Kier molecular flexibility index (Phi) is 5.17. The molecular formula is C21H14F4N4O3. The Balaban J connectivity index is 1.63. The predicted molar refractivity (Wildman–Crippen MR) is 107 cm³/mol. The van der Waals surface area contributed by atoms with E-state index in [1.807, 2.05) is 0 Å². The minimum atomic E-state index is -4.83. The van der Waals surface area contributed by atoms with Crippen molar-refractivity contribution in [1.82, 2.24) is 14.8 Å². The molecule has 0 aliphatic carbocycles. The van der Waals surface area contributed by atoms with E-state index in [0.717, 1.165) is 12.1 Å². The first-order chi connectivity index (χ1) is 15.1. The third kappa shape index (κ3) is 4.17. The summed E-state index contributed by atoms with van der Waals surface area (Å²) < 4.78 is 55.2. The second kappa shape index (κ2) is 7.84. The molecule has 2 aromatic heterocycles. The Morgan fingerprint density at radius 2 is 1.75 bits per heavy atom. The van der Waals surface area contributed by atoms with E-state index < -0.39 is 29.3 Å². The van der Waals surface area contributed by atoms with Crippen LogP contribution < -0.4 is 15.5 Å². The maximum atomic E-state index is 13.2. The summed E-state index contributed by atoms with van der Waals surface area (Å²) in [6.07, 6.45) is -3.62. The SMILES string of the molecule is Cc1nn(-c2ccc(F)cc2)c2[nH]cc(C(=O)Nc3ccc(OC(F)(F)F)cc3)c(=O)c12. The lowest BCUT2D eigenvalue weighted by molar-refractivity contribution is -0.274. The summed E-state index contributed by atoms with van der Waals surface area (Å²) in [5.74, 6) is -1.63. The standard InChI is InChI=1S/C21H14F4N4O3/c1-11-17-18(30)16(10-26-19(17)29(28-11)14-6-2-12(22)3-7-14)20(31)27-13-4-8-15(9-5-13)32-21(23,24)25/h2-10H,1H3,(H,26,30)(H,27,31). The number of fused-ring (bicyclic) bond motifs is 1. The first-order valence-electron chi connectivity index (χ1n) is 9.16. The number of H-pyrrole nitrogens is 1. The number of benzene rings is 2. The van der Waals surface area contributed by atoms with Crippen LogP contribution in [0.25, 0.3) is 16.7 Å². The molecule has 4 rings (SSSR count). The molecule has 1 amide bonds. The Morgan fingerprint density at radius 1 is 1.09 bits per heavy atom. The third-order valence-corrected chi connectivity index (χ3v) is 4.55. The van der Waals surface area contributed by atoms with Gasteiger partial charge in [0.05, 0.1) is 16.8 Å². The molecule has 164 valence electrons. The number of anilines is 1. The number of ether oxygens (including phenoxy) is 1. The van der Waals surface area contributed by atoms with Crippen molar-refractivity contribution < 1.29 is 27.1 Å². The zero-order valence-electron chi connectivity index (χ0n) is 16.3. The number of halogens is 4. The van der Waals surface area contributed by atoms with Crippen LogP contribution >= 0.6 is 0 Å². The molecule has 7 nitrogen and oxygen atoms in total. The average molecular weight is 446 g/mol.